The van der Waals surface area contributed by atoms with Crippen LogP contribution in [0.2, 0.25) is 0 Å². The molecule has 112 valence electrons. The fourth-order valence-corrected chi connectivity index (χ4v) is 3.87. The van der Waals surface area contributed by atoms with E-state index in [0.717, 1.165) is 25.3 Å². The number of aliphatic hydroxyl groups is 1. The molecule has 6 heteroatoms. The van der Waals surface area contributed by atoms with E-state index in [1.807, 2.05) is 6.92 Å². The summed E-state index contributed by atoms with van der Waals surface area (Å²) in [6.45, 7) is 2.85. The molecule has 1 aromatic carbocycles. The van der Waals surface area contributed by atoms with Crippen molar-refractivity contribution in [3.8, 4) is 0 Å². The highest BCUT2D eigenvalue weighted by atomic mass is 32.2. The molecule has 1 fully saturated rings. The van der Waals surface area contributed by atoms with Crippen LogP contribution in [-0.2, 0) is 16.6 Å². The molecule has 1 aliphatic carbocycles. The summed E-state index contributed by atoms with van der Waals surface area (Å²) < 4.78 is 41.0. The predicted molar refractivity (Wildman–Crippen MR) is 74.2 cm³/mol. The van der Waals surface area contributed by atoms with Crippen LogP contribution in [0.15, 0.2) is 17.0 Å². The van der Waals surface area contributed by atoms with Crippen molar-refractivity contribution in [3.63, 3.8) is 0 Å². The normalized spacial score (nSPS) is 17.2. The van der Waals surface area contributed by atoms with Gasteiger partial charge in [-0.1, -0.05) is 12.8 Å². The number of benzene rings is 1. The van der Waals surface area contributed by atoms with E-state index >= 15 is 0 Å². The molecule has 0 heterocycles. The SMILES string of the molecule is Cc1c(F)cc(CO)cc1S(=O)(=O)NC(C)CC1CC1. The first-order valence-corrected chi connectivity index (χ1v) is 8.24. The molecule has 20 heavy (non-hydrogen) atoms. The fraction of sp³-hybridized carbons (Fsp3) is 0.571. The molecule has 0 spiro atoms. The smallest absolute Gasteiger partial charge is 0.241 e. The Balaban J connectivity index is 2.25. The summed E-state index contributed by atoms with van der Waals surface area (Å²) in [6.07, 6.45) is 3.11. The van der Waals surface area contributed by atoms with Crippen LogP contribution in [0.5, 0.6) is 0 Å². The third-order valence-corrected chi connectivity index (χ3v) is 5.28. The second-order valence-corrected chi connectivity index (χ2v) is 7.24. The Hall–Kier alpha value is -0.980. The highest BCUT2D eigenvalue weighted by Gasteiger charge is 2.27. The lowest BCUT2D eigenvalue weighted by Crippen LogP contribution is -2.33. The minimum absolute atomic E-state index is 0.0771. The number of rotatable bonds is 6. The van der Waals surface area contributed by atoms with E-state index in [4.69, 9.17) is 5.11 Å². The molecule has 1 atom stereocenters. The third-order valence-electron chi connectivity index (χ3n) is 3.57. The molecular formula is C14H20FNO3S. The topological polar surface area (TPSA) is 66.4 Å². The quantitative estimate of drug-likeness (QED) is 0.845. The minimum Gasteiger partial charge on any atom is -0.392 e. The maximum atomic E-state index is 13.7. The monoisotopic (exact) mass is 301 g/mol. The van der Waals surface area contributed by atoms with E-state index < -0.39 is 22.4 Å². The molecule has 0 radical (unpaired) electrons. The molecule has 1 saturated carbocycles. The average molecular weight is 301 g/mol. The molecular weight excluding hydrogens is 281 g/mol. The lowest BCUT2D eigenvalue weighted by molar-refractivity contribution is 0.281. The average Bonchev–Trinajstić information content (AvgIpc) is 3.15. The lowest BCUT2D eigenvalue weighted by atomic mass is 10.1. The highest BCUT2D eigenvalue weighted by Crippen LogP contribution is 2.33. The Labute approximate surface area is 119 Å². The largest absolute Gasteiger partial charge is 0.392 e. The first-order valence-electron chi connectivity index (χ1n) is 6.75. The Morgan fingerprint density at radius 1 is 1.45 bits per heavy atom. The summed E-state index contributed by atoms with van der Waals surface area (Å²) >= 11 is 0. The Morgan fingerprint density at radius 2 is 2.10 bits per heavy atom. The Kier molecular flexibility index (Phi) is 4.46. The predicted octanol–water partition coefficient (Wildman–Crippen LogP) is 2.09. The van der Waals surface area contributed by atoms with Crippen LogP contribution in [0.25, 0.3) is 0 Å². The van der Waals surface area contributed by atoms with Gasteiger partial charge >= 0.3 is 0 Å². The van der Waals surface area contributed by atoms with Crippen molar-refractivity contribution in [2.45, 2.75) is 50.7 Å². The molecule has 4 nitrogen and oxygen atoms in total. The molecule has 0 aromatic heterocycles. The van der Waals surface area contributed by atoms with Crippen LogP contribution in [0.3, 0.4) is 0 Å². The number of nitrogens with one attached hydrogen (secondary N) is 1. The molecule has 0 saturated heterocycles. The van der Waals surface area contributed by atoms with Gasteiger partial charge in [-0.05, 0) is 43.9 Å². The molecule has 0 aliphatic heterocycles. The zero-order valence-electron chi connectivity index (χ0n) is 11.7. The van der Waals surface area contributed by atoms with Gasteiger partial charge in [0.25, 0.3) is 0 Å². The van der Waals surface area contributed by atoms with Crippen LogP contribution in [-0.4, -0.2) is 19.6 Å². The number of hydrogen-bond acceptors (Lipinski definition) is 3. The van der Waals surface area contributed by atoms with Crippen molar-refractivity contribution >= 4 is 10.0 Å². The van der Waals surface area contributed by atoms with Gasteiger partial charge in [0.1, 0.15) is 5.82 Å². The van der Waals surface area contributed by atoms with Crippen molar-refractivity contribution in [1.82, 2.24) is 4.72 Å². The standard InChI is InChI=1S/C14H20FNO3S/c1-9(5-11-3-4-11)16-20(18,19)14-7-12(8-17)6-13(15)10(14)2/h6-7,9,11,16-17H,3-5,8H2,1-2H3. The summed E-state index contributed by atoms with van der Waals surface area (Å²) in [5.41, 5.74) is 0.330. The van der Waals surface area contributed by atoms with Crippen molar-refractivity contribution in [1.29, 1.82) is 0 Å². The maximum absolute atomic E-state index is 13.7. The van der Waals surface area contributed by atoms with Crippen molar-refractivity contribution in [3.05, 3.63) is 29.1 Å². The van der Waals surface area contributed by atoms with Gasteiger partial charge in [-0.2, -0.15) is 0 Å². The van der Waals surface area contributed by atoms with Crippen LogP contribution in [0, 0.1) is 18.7 Å². The van der Waals surface area contributed by atoms with Gasteiger partial charge in [0, 0.05) is 11.6 Å². The van der Waals surface area contributed by atoms with Crippen LogP contribution in [0.4, 0.5) is 4.39 Å². The Bertz CT molecular complexity index is 597. The van der Waals surface area contributed by atoms with Crippen LogP contribution in [0.1, 0.15) is 37.3 Å². The zero-order valence-corrected chi connectivity index (χ0v) is 12.5. The molecule has 1 unspecified atom stereocenters. The fourth-order valence-electron chi connectivity index (χ4n) is 2.31. The Morgan fingerprint density at radius 3 is 2.65 bits per heavy atom. The summed E-state index contributed by atoms with van der Waals surface area (Å²) in [7, 11) is -3.76. The number of hydrogen-bond donors (Lipinski definition) is 2. The first kappa shape index (κ1) is 15.4. The van der Waals surface area contributed by atoms with Gasteiger partial charge in [0.2, 0.25) is 10.0 Å². The molecule has 0 bridgehead atoms. The number of halogens is 1. The summed E-state index contributed by atoms with van der Waals surface area (Å²) in [4.78, 5) is -0.0933. The van der Waals surface area contributed by atoms with Gasteiger partial charge < -0.3 is 5.11 Å². The van der Waals surface area contributed by atoms with Crippen molar-refractivity contribution in [2.24, 2.45) is 5.92 Å². The second-order valence-electron chi connectivity index (χ2n) is 5.56. The van der Waals surface area contributed by atoms with E-state index in [0.29, 0.717) is 5.92 Å². The minimum atomic E-state index is -3.76. The molecule has 2 rings (SSSR count). The highest BCUT2D eigenvalue weighted by molar-refractivity contribution is 7.89. The number of aliphatic hydroxyl groups excluding tert-OH is 1. The van der Waals surface area contributed by atoms with Crippen molar-refractivity contribution in [2.75, 3.05) is 0 Å². The van der Waals surface area contributed by atoms with Gasteiger partial charge in [-0.3, -0.25) is 0 Å². The van der Waals surface area contributed by atoms with Crippen LogP contribution >= 0.6 is 0 Å². The van der Waals surface area contributed by atoms with Gasteiger partial charge in [0.15, 0.2) is 0 Å². The molecule has 0 amide bonds. The zero-order chi connectivity index (χ0) is 14.9. The van der Waals surface area contributed by atoms with E-state index in [9.17, 15) is 12.8 Å². The molecule has 1 aromatic rings. The lowest BCUT2D eigenvalue weighted by Gasteiger charge is -2.16. The first-order chi connectivity index (χ1) is 9.33. The molecule has 1 aliphatic rings. The summed E-state index contributed by atoms with van der Waals surface area (Å²) in [5.74, 6) is -0.0129. The molecule has 2 N–H and O–H groups in total. The van der Waals surface area contributed by atoms with Crippen molar-refractivity contribution < 1.29 is 17.9 Å². The summed E-state index contributed by atoms with van der Waals surface area (Å²) in [6, 6.07) is 2.31. The van der Waals surface area contributed by atoms with Gasteiger partial charge in [-0.15, -0.1) is 0 Å². The van der Waals surface area contributed by atoms with E-state index in [-0.39, 0.29) is 22.1 Å². The maximum Gasteiger partial charge on any atom is 0.241 e. The van der Waals surface area contributed by atoms with Gasteiger partial charge in [0.05, 0.1) is 11.5 Å². The van der Waals surface area contributed by atoms with E-state index in [1.165, 1.54) is 13.0 Å². The third kappa shape index (κ3) is 3.56. The summed E-state index contributed by atoms with van der Waals surface area (Å²) in [5, 5.41) is 9.07. The van der Waals surface area contributed by atoms with Crippen LogP contribution < -0.4 is 4.72 Å². The van der Waals surface area contributed by atoms with Gasteiger partial charge in [-0.25, -0.2) is 17.5 Å². The van der Waals surface area contributed by atoms with E-state index in [2.05, 4.69) is 4.72 Å². The second kappa shape index (κ2) is 5.79. The van der Waals surface area contributed by atoms with E-state index in [1.54, 1.807) is 0 Å². The number of sulfonamides is 1.